The summed E-state index contributed by atoms with van der Waals surface area (Å²) in [6.45, 7) is 1.59. The van der Waals surface area contributed by atoms with Gasteiger partial charge in [0, 0.05) is 22.7 Å². The van der Waals surface area contributed by atoms with Crippen molar-refractivity contribution in [3.05, 3.63) is 95.4 Å². The third kappa shape index (κ3) is 4.22. The Hall–Kier alpha value is -3.29. The van der Waals surface area contributed by atoms with Crippen LogP contribution in [-0.4, -0.2) is 26.3 Å². The number of furan rings is 1. The summed E-state index contributed by atoms with van der Waals surface area (Å²) in [5.74, 6) is 1.46. The zero-order valence-electron chi connectivity index (χ0n) is 17.1. The van der Waals surface area contributed by atoms with Gasteiger partial charge < -0.3 is 13.7 Å². The van der Waals surface area contributed by atoms with Crippen LogP contribution in [0.4, 0.5) is 0 Å². The number of amides is 1. The molecule has 1 aliphatic rings. The predicted octanol–water partition coefficient (Wildman–Crippen LogP) is 5.71. The quantitative estimate of drug-likeness (QED) is 0.261. The Bertz CT molecular complexity index is 1290. The van der Waals surface area contributed by atoms with E-state index in [1.54, 1.807) is 17.2 Å². The summed E-state index contributed by atoms with van der Waals surface area (Å²) >= 11 is 6.78. The first-order valence-corrected chi connectivity index (χ1v) is 11.4. The van der Waals surface area contributed by atoms with Crippen LogP contribution in [0.15, 0.2) is 88.5 Å². The fraction of sp³-hybridized carbons (Fsp3) is 0.120. The second-order valence-corrected chi connectivity index (χ2v) is 8.98. The molecule has 0 radical (unpaired) electrons. The van der Waals surface area contributed by atoms with Crippen molar-refractivity contribution in [1.29, 1.82) is 0 Å². The van der Waals surface area contributed by atoms with E-state index in [0.29, 0.717) is 34.7 Å². The molecule has 1 saturated heterocycles. The van der Waals surface area contributed by atoms with Crippen LogP contribution in [0, 0.1) is 0 Å². The average molecular weight is 461 g/mol. The van der Waals surface area contributed by atoms with Gasteiger partial charge >= 0.3 is 0 Å². The number of hydrogen-bond acceptors (Lipinski definition) is 5. The molecule has 5 nitrogen and oxygen atoms in total. The minimum absolute atomic E-state index is 0.0966. The Kier molecular flexibility index (Phi) is 5.83. The molecule has 2 aromatic heterocycles. The van der Waals surface area contributed by atoms with E-state index < -0.39 is 0 Å². The van der Waals surface area contributed by atoms with Gasteiger partial charge in [-0.1, -0.05) is 60.4 Å². The summed E-state index contributed by atoms with van der Waals surface area (Å²) in [6, 6.07) is 21.6. The van der Waals surface area contributed by atoms with Gasteiger partial charge in [0.2, 0.25) is 0 Å². The van der Waals surface area contributed by atoms with Crippen molar-refractivity contribution in [1.82, 2.24) is 9.47 Å². The van der Waals surface area contributed by atoms with Gasteiger partial charge in [-0.2, -0.15) is 0 Å². The Balaban J connectivity index is 1.37. The molecule has 1 aliphatic heterocycles. The van der Waals surface area contributed by atoms with Gasteiger partial charge in [-0.3, -0.25) is 9.69 Å². The Morgan fingerprint density at radius 3 is 2.66 bits per heavy atom. The monoisotopic (exact) mass is 460 g/mol. The number of carbonyl (C=O) groups excluding carboxylic acids is 1. The molecule has 0 spiro atoms. The number of thiocarbonyl (C=S) groups is 1. The lowest BCUT2D eigenvalue weighted by atomic mass is 10.1. The number of hydrogen-bond donors (Lipinski definition) is 0. The minimum Gasteiger partial charge on any atom is -0.492 e. The van der Waals surface area contributed by atoms with Crippen LogP contribution in [0.3, 0.4) is 0 Å². The largest absolute Gasteiger partial charge is 0.492 e. The molecule has 5 rings (SSSR count). The van der Waals surface area contributed by atoms with Crippen LogP contribution in [0.5, 0.6) is 5.75 Å². The molecule has 4 aromatic rings. The smallest absolute Gasteiger partial charge is 0.266 e. The number of carbonyl (C=O) groups is 1. The second kappa shape index (κ2) is 9.06. The fourth-order valence-electron chi connectivity index (χ4n) is 3.69. The van der Waals surface area contributed by atoms with Crippen molar-refractivity contribution in [2.75, 3.05) is 6.61 Å². The maximum atomic E-state index is 13.0. The number of nitrogens with zero attached hydrogens (tertiary/aromatic N) is 2. The van der Waals surface area contributed by atoms with E-state index in [-0.39, 0.29) is 5.91 Å². The predicted molar refractivity (Wildman–Crippen MR) is 131 cm³/mol. The average Bonchev–Trinajstić information content (AvgIpc) is 3.51. The van der Waals surface area contributed by atoms with Crippen LogP contribution < -0.4 is 4.74 Å². The molecular weight excluding hydrogens is 440 g/mol. The topological polar surface area (TPSA) is 47.6 Å². The number of thioether (sulfide) groups is 1. The number of aromatic nitrogens is 1. The number of benzene rings is 2. The highest BCUT2D eigenvalue weighted by Crippen LogP contribution is 2.35. The number of fused-ring (bicyclic) bond motifs is 1. The highest BCUT2D eigenvalue weighted by molar-refractivity contribution is 8.26. The first kappa shape index (κ1) is 20.6. The van der Waals surface area contributed by atoms with Crippen molar-refractivity contribution in [2.45, 2.75) is 13.1 Å². The summed E-state index contributed by atoms with van der Waals surface area (Å²) < 4.78 is 13.9. The van der Waals surface area contributed by atoms with E-state index in [2.05, 4.69) is 22.9 Å². The van der Waals surface area contributed by atoms with Crippen LogP contribution >= 0.6 is 24.0 Å². The lowest BCUT2D eigenvalue weighted by molar-refractivity contribution is -0.122. The molecule has 32 heavy (non-hydrogen) atoms. The molecule has 0 unspecified atom stereocenters. The van der Waals surface area contributed by atoms with E-state index in [1.807, 2.05) is 54.6 Å². The van der Waals surface area contributed by atoms with Gasteiger partial charge in [-0.05, 0) is 36.4 Å². The van der Waals surface area contributed by atoms with E-state index in [1.165, 1.54) is 11.8 Å². The Morgan fingerprint density at radius 2 is 1.84 bits per heavy atom. The zero-order chi connectivity index (χ0) is 21.9. The fourth-order valence-corrected chi connectivity index (χ4v) is 4.94. The maximum Gasteiger partial charge on any atom is 0.266 e. The lowest BCUT2D eigenvalue weighted by Crippen LogP contribution is -2.27. The standard InChI is InChI=1S/C25H20N2O3S2/c28-24-23(32-25(31)27(24)17-20-9-6-13-29-20)15-18-16-26(22-11-5-4-10-21(18)22)12-14-30-19-7-2-1-3-8-19/h1-11,13,15-16H,12,14,17H2. The van der Waals surface area contributed by atoms with Gasteiger partial charge in [-0.15, -0.1) is 0 Å². The van der Waals surface area contributed by atoms with Gasteiger partial charge in [-0.25, -0.2) is 0 Å². The first-order valence-electron chi connectivity index (χ1n) is 10.2. The molecule has 0 saturated carbocycles. The van der Waals surface area contributed by atoms with Crippen molar-refractivity contribution >= 4 is 51.2 Å². The number of ether oxygens (including phenoxy) is 1. The highest BCUT2D eigenvalue weighted by atomic mass is 32.2. The lowest BCUT2D eigenvalue weighted by Gasteiger charge is -2.11. The van der Waals surface area contributed by atoms with Gasteiger partial charge in [0.1, 0.15) is 22.4 Å². The summed E-state index contributed by atoms with van der Waals surface area (Å²) in [5, 5.41) is 1.09. The number of rotatable bonds is 7. The molecule has 0 N–H and O–H groups in total. The van der Waals surface area contributed by atoms with Crippen LogP contribution in [-0.2, 0) is 17.9 Å². The molecule has 1 amide bonds. The van der Waals surface area contributed by atoms with Gasteiger partial charge in [0.15, 0.2) is 0 Å². The van der Waals surface area contributed by atoms with E-state index in [4.69, 9.17) is 21.4 Å². The minimum atomic E-state index is -0.0966. The van der Waals surface area contributed by atoms with Gasteiger partial charge in [0.25, 0.3) is 5.91 Å². The number of para-hydroxylation sites is 2. The molecule has 0 aliphatic carbocycles. The molecule has 7 heteroatoms. The molecular formula is C25H20N2O3S2. The summed E-state index contributed by atoms with van der Waals surface area (Å²) in [4.78, 5) is 15.2. The normalized spacial score (nSPS) is 15.2. The maximum absolute atomic E-state index is 13.0. The van der Waals surface area contributed by atoms with Crippen molar-refractivity contribution in [3.8, 4) is 5.75 Å². The second-order valence-electron chi connectivity index (χ2n) is 7.30. The van der Waals surface area contributed by atoms with Crippen molar-refractivity contribution in [3.63, 3.8) is 0 Å². The zero-order valence-corrected chi connectivity index (χ0v) is 18.8. The van der Waals surface area contributed by atoms with Crippen LogP contribution in [0.25, 0.3) is 17.0 Å². The van der Waals surface area contributed by atoms with Gasteiger partial charge in [0.05, 0.1) is 24.3 Å². The molecule has 1 fully saturated rings. The molecule has 0 bridgehead atoms. The SMILES string of the molecule is O=C1C(=Cc2cn(CCOc3ccccc3)c3ccccc23)SC(=S)N1Cc1ccco1. The highest BCUT2D eigenvalue weighted by Gasteiger charge is 2.32. The molecule has 0 atom stereocenters. The molecule has 3 heterocycles. The molecule has 160 valence electrons. The van der Waals surface area contributed by atoms with Crippen molar-refractivity contribution in [2.24, 2.45) is 0 Å². The summed E-state index contributed by atoms with van der Waals surface area (Å²) in [6.07, 6.45) is 5.59. The third-order valence-electron chi connectivity index (χ3n) is 5.22. The van der Waals surface area contributed by atoms with Crippen LogP contribution in [0.1, 0.15) is 11.3 Å². The van der Waals surface area contributed by atoms with E-state index >= 15 is 0 Å². The summed E-state index contributed by atoms with van der Waals surface area (Å²) in [7, 11) is 0. The molecule has 2 aromatic carbocycles. The Morgan fingerprint density at radius 1 is 1.03 bits per heavy atom. The van der Waals surface area contributed by atoms with Crippen LogP contribution in [0.2, 0.25) is 0 Å². The third-order valence-corrected chi connectivity index (χ3v) is 6.60. The Labute approximate surface area is 195 Å². The van der Waals surface area contributed by atoms with Crippen molar-refractivity contribution < 1.29 is 13.9 Å². The van der Waals surface area contributed by atoms with E-state index in [9.17, 15) is 4.79 Å². The first-order chi connectivity index (χ1) is 15.7. The van der Waals surface area contributed by atoms with E-state index in [0.717, 1.165) is 22.2 Å². The summed E-state index contributed by atoms with van der Waals surface area (Å²) in [5.41, 5.74) is 2.08.